The van der Waals surface area contributed by atoms with Crippen LogP contribution in [0.1, 0.15) is 0 Å². The van der Waals surface area contributed by atoms with Crippen LogP contribution in [0.2, 0.25) is 0 Å². The number of methoxy groups -OCH3 is 1. The third-order valence-corrected chi connectivity index (χ3v) is 2.63. The molecule has 2 rings (SSSR count). The highest BCUT2D eigenvalue weighted by molar-refractivity contribution is 9.10. The van der Waals surface area contributed by atoms with Gasteiger partial charge in [0.2, 0.25) is 0 Å². The van der Waals surface area contributed by atoms with Crippen molar-refractivity contribution in [2.45, 2.75) is 0 Å². The molecule has 0 radical (unpaired) electrons. The van der Waals surface area contributed by atoms with Crippen LogP contribution in [-0.4, -0.2) is 12.2 Å². The fraction of sp³-hybridized carbons (Fsp3) is 0.0909. The summed E-state index contributed by atoms with van der Waals surface area (Å²) in [4.78, 5) is 0. The number of aromatic hydroxyl groups is 1. The Balaban J connectivity index is 2.77. The SMILES string of the molecule is COc1ccc2cc(Br)ccc2c1O. The Morgan fingerprint density at radius 3 is 2.71 bits per heavy atom. The minimum absolute atomic E-state index is 0.192. The molecule has 0 atom stereocenters. The molecule has 0 aliphatic heterocycles. The van der Waals surface area contributed by atoms with Crippen molar-refractivity contribution in [3.63, 3.8) is 0 Å². The van der Waals surface area contributed by atoms with E-state index in [9.17, 15) is 5.11 Å². The van der Waals surface area contributed by atoms with Gasteiger partial charge in [-0.05, 0) is 29.7 Å². The van der Waals surface area contributed by atoms with Crippen LogP contribution < -0.4 is 4.74 Å². The fourth-order valence-corrected chi connectivity index (χ4v) is 1.81. The highest BCUT2D eigenvalue weighted by Gasteiger charge is 2.05. The molecule has 0 heterocycles. The average Bonchev–Trinajstić information content (AvgIpc) is 2.18. The standard InChI is InChI=1S/C11H9BrO2/c1-14-10-5-2-7-6-8(12)3-4-9(7)11(10)13/h2-6,13H,1H3. The van der Waals surface area contributed by atoms with Crippen LogP contribution in [0.3, 0.4) is 0 Å². The number of halogens is 1. The zero-order chi connectivity index (χ0) is 10.1. The summed E-state index contributed by atoms with van der Waals surface area (Å²) in [5.74, 6) is 0.692. The summed E-state index contributed by atoms with van der Waals surface area (Å²) in [5.41, 5.74) is 0. The molecule has 0 bridgehead atoms. The largest absolute Gasteiger partial charge is 0.504 e. The molecule has 72 valence electrons. The van der Waals surface area contributed by atoms with Crippen molar-refractivity contribution >= 4 is 26.7 Å². The van der Waals surface area contributed by atoms with Crippen molar-refractivity contribution < 1.29 is 9.84 Å². The van der Waals surface area contributed by atoms with Crippen LogP contribution in [-0.2, 0) is 0 Å². The Morgan fingerprint density at radius 2 is 2.00 bits per heavy atom. The van der Waals surface area contributed by atoms with Gasteiger partial charge in [-0.15, -0.1) is 0 Å². The average molecular weight is 253 g/mol. The van der Waals surface area contributed by atoms with Crippen molar-refractivity contribution in [1.29, 1.82) is 0 Å². The highest BCUT2D eigenvalue weighted by atomic mass is 79.9. The second-order valence-electron chi connectivity index (χ2n) is 2.98. The molecule has 0 amide bonds. The minimum atomic E-state index is 0.192. The molecule has 0 aliphatic carbocycles. The van der Waals surface area contributed by atoms with Crippen molar-refractivity contribution in [3.05, 3.63) is 34.8 Å². The van der Waals surface area contributed by atoms with Gasteiger partial charge < -0.3 is 9.84 Å². The van der Waals surface area contributed by atoms with E-state index in [0.717, 1.165) is 15.2 Å². The maximum Gasteiger partial charge on any atom is 0.165 e. The van der Waals surface area contributed by atoms with E-state index in [1.807, 2.05) is 24.3 Å². The Bertz CT molecular complexity index is 480. The van der Waals surface area contributed by atoms with Crippen LogP contribution >= 0.6 is 15.9 Å². The molecule has 2 aromatic carbocycles. The number of hydrogen-bond donors (Lipinski definition) is 1. The number of hydrogen-bond acceptors (Lipinski definition) is 2. The molecule has 0 unspecified atom stereocenters. The molecule has 0 aromatic heterocycles. The molecule has 0 spiro atoms. The normalized spacial score (nSPS) is 10.4. The monoisotopic (exact) mass is 252 g/mol. The van der Waals surface area contributed by atoms with Gasteiger partial charge in [0.05, 0.1) is 7.11 Å². The third kappa shape index (κ3) is 1.44. The molecule has 0 saturated heterocycles. The van der Waals surface area contributed by atoms with Crippen molar-refractivity contribution in [3.8, 4) is 11.5 Å². The van der Waals surface area contributed by atoms with Gasteiger partial charge in [-0.3, -0.25) is 0 Å². The number of rotatable bonds is 1. The first kappa shape index (κ1) is 9.34. The lowest BCUT2D eigenvalue weighted by Crippen LogP contribution is -1.84. The third-order valence-electron chi connectivity index (χ3n) is 2.14. The molecule has 14 heavy (non-hydrogen) atoms. The van der Waals surface area contributed by atoms with E-state index in [1.54, 1.807) is 13.2 Å². The van der Waals surface area contributed by atoms with Gasteiger partial charge in [-0.1, -0.05) is 22.0 Å². The predicted molar refractivity (Wildman–Crippen MR) is 59.9 cm³/mol. The topological polar surface area (TPSA) is 29.5 Å². The number of benzene rings is 2. The molecular formula is C11H9BrO2. The van der Waals surface area contributed by atoms with Crippen LogP contribution in [0.25, 0.3) is 10.8 Å². The van der Waals surface area contributed by atoms with E-state index < -0.39 is 0 Å². The molecule has 2 nitrogen and oxygen atoms in total. The Labute approximate surface area is 90.3 Å². The zero-order valence-corrected chi connectivity index (χ0v) is 9.21. The van der Waals surface area contributed by atoms with Gasteiger partial charge in [-0.25, -0.2) is 0 Å². The summed E-state index contributed by atoms with van der Waals surface area (Å²) in [6.07, 6.45) is 0. The first-order valence-electron chi connectivity index (χ1n) is 4.17. The van der Waals surface area contributed by atoms with E-state index in [-0.39, 0.29) is 5.75 Å². The summed E-state index contributed by atoms with van der Waals surface area (Å²) >= 11 is 3.38. The maximum absolute atomic E-state index is 9.80. The second-order valence-corrected chi connectivity index (χ2v) is 3.90. The van der Waals surface area contributed by atoms with E-state index >= 15 is 0 Å². The van der Waals surface area contributed by atoms with Gasteiger partial charge in [0.15, 0.2) is 11.5 Å². The van der Waals surface area contributed by atoms with Crippen LogP contribution in [0, 0.1) is 0 Å². The Hall–Kier alpha value is -1.22. The summed E-state index contributed by atoms with van der Waals surface area (Å²) < 4.78 is 6.02. The second kappa shape index (κ2) is 3.50. The number of fused-ring (bicyclic) bond motifs is 1. The van der Waals surface area contributed by atoms with Gasteiger partial charge in [0.1, 0.15) is 0 Å². The zero-order valence-electron chi connectivity index (χ0n) is 7.62. The van der Waals surface area contributed by atoms with Crippen molar-refractivity contribution in [2.24, 2.45) is 0 Å². The quantitative estimate of drug-likeness (QED) is 0.844. The maximum atomic E-state index is 9.80. The van der Waals surface area contributed by atoms with E-state index in [1.165, 1.54) is 0 Å². The predicted octanol–water partition coefficient (Wildman–Crippen LogP) is 3.32. The fourth-order valence-electron chi connectivity index (χ4n) is 1.43. The van der Waals surface area contributed by atoms with Crippen molar-refractivity contribution in [2.75, 3.05) is 7.11 Å². The van der Waals surface area contributed by atoms with Gasteiger partial charge in [0, 0.05) is 9.86 Å². The summed E-state index contributed by atoms with van der Waals surface area (Å²) in [6, 6.07) is 9.37. The molecule has 2 aromatic rings. The Kier molecular flexibility index (Phi) is 2.33. The summed E-state index contributed by atoms with van der Waals surface area (Å²) in [7, 11) is 1.54. The van der Waals surface area contributed by atoms with E-state index in [0.29, 0.717) is 5.75 Å². The first-order chi connectivity index (χ1) is 6.72. The van der Waals surface area contributed by atoms with Crippen LogP contribution in [0.4, 0.5) is 0 Å². The molecule has 3 heteroatoms. The van der Waals surface area contributed by atoms with E-state index in [4.69, 9.17) is 4.74 Å². The molecule has 0 saturated carbocycles. The lowest BCUT2D eigenvalue weighted by molar-refractivity contribution is 0.376. The molecule has 0 aliphatic rings. The highest BCUT2D eigenvalue weighted by Crippen LogP contribution is 2.35. The molecular weight excluding hydrogens is 244 g/mol. The van der Waals surface area contributed by atoms with Gasteiger partial charge in [-0.2, -0.15) is 0 Å². The number of ether oxygens (including phenoxy) is 1. The van der Waals surface area contributed by atoms with Gasteiger partial charge in [0.25, 0.3) is 0 Å². The Morgan fingerprint density at radius 1 is 1.21 bits per heavy atom. The van der Waals surface area contributed by atoms with Crippen LogP contribution in [0.15, 0.2) is 34.8 Å². The first-order valence-corrected chi connectivity index (χ1v) is 4.97. The van der Waals surface area contributed by atoms with Gasteiger partial charge >= 0.3 is 0 Å². The van der Waals surface area contributed by atoms with Crippen LogP contribution in [0.5, 0.6) is 11.5 Å². The molecule has 0 fully saturated rings. The summed E-state index contributed by atoms with van der Waals surface area (Å²) in [6.45, 7) is 0. The van der Waals surface area contributed by atoms with Crippen molar-refractivity contribution in [1.82, 2.24) is 0 Å². The lowest BCUT2D eigenvalue weighted by atomic mass is 10.1. The van der Waals surface area contributed by atoms with E-state index in [2.05, 4.69) is 15.9 Å². The lowest BCUT2D eigenvalue weighted by Gasteiger charge is -2.06. The molecule has 1 N–H and O–H groups in total. The minimum Gasteiger partial charge on any atom is -0.504 e. The smallest absolute Gasteiger partial charge is 0.165 e. The number of phenols is 1. The number of phenolic OH excluding ortho intramolecular Hbond substituents is 1. The summed E-state index contributed by atoms with van der Waals surface area (Å²) in [5, 5.41) is 11.6.